The molecule has 0 aromatic carbocycles. The zero-order valence-electron chi connectivity index (χ0n) is 2.57. The first-order chi connectivity index (χ1) is 2.56. The highest BCUT2D eigenvalue weighted by Gasteiger charge is 2.09. The van der Waals surface area contributed by atoms with E-state index in [1.807, 2.05) is 0 Å². The van der Waals surface area contributed by atoms with Gasteiger partial charge in [0.15, 0.2) is 0 Å². The highest BCUT2D eigenvalue weighted by Crippen LogP contribution is 2.36. The van der Waals surface area contributed by atoms with Crippen molar-refractivity contribution in [2.45, 2.75) is 0 Å². The number of rotatable bonds is 1. The summed E-state index contributed by atoms with van der Waals surface area (Å²) < 4.78 is 12.6. The third-order valence-corrected chi connectivity index (χ3v) is 0.874. The Labute approximate surface area is 40.0 Å². The van der Waals surface area contributed by atoms with Crippen molar-refractivity contribution >= 4 is 20.7 Å². The fourth-order valence-corrected chi connectivity index (χ4v) is 0. The van der Waals surface area contributed by atoms with Crippen LogP contribution in [0.25, 0.3) is 0 Å². The lowest BCUT2D eigenvalue weighted by atomic mass is 15.8. The van der Waals surface area contributed by atoms with Gasteiger partial charge in [-0.1, -0.05) is 0 Å². The average molecular weight is 129 g/mol. The van der Waals surface area contributed by atoms with Crippen LogP contribution in [0.2, 0.25) is 0 Å². The predicted molar refractivity (Wildman–Crippen MR) is 20.7 cm³/mol. The van der Waals surface area contributed by atoms with E-state index in [0.717, 1.165) is 0 Å². The average Bonchev–Trinajstić information content (AvgIpc) is 1.35. The highest BCUT2D eigenvalue weighted by atomic mass is 32.1. The molecular formula is H2O4PS. The van der Waals surface area contributed by atoms with Crippen molar-refractivity contribution in [1.82, 2.24) is 0 Å². The molecule has 1 radical (unpaired) electrons. The first-order valence-electron chi connectivity index (χ1n) is 0.932. The first-order valence-corrected chi connectivity index (χ1v) is 2.80. The lowest BCUT2D eigenvalue weighted by Crippen LogP contribution is -1.70. The molecule has 0 fully saturated rings. The van der Waals surface area contributed by atoms with Crippen LogP contribution in [0.1, 0.15) is 0 Å². The van der Waals surface area contributed by atoms with E-state index in [1.165, 1.54) is 0 Å². The van der Waals surface area contributed by atoms with Crippen LogP contribution in [0.5, 0.6) is 0 Å². The summed E-state index contributed by atoms with van der Waals surface area (Å²) in [5, 5.41) is 0. The van der Waals surface area contributed by atoms with E-state index < -0.39 is 7.82 Å². The standard InChI is InChI=1S/H2O4PS/c1-5(2,3)4-6/h(H2,1,2,3). The van der Waals surface area contributed by atoms with E-state index >= 15 is 0 Å². The minimum Gasteiger partial charge on any atom is -0.302 e. The summed E-state index contributed by atoms with van der Waals surface area (Å²) in [7, 11) is -4.33. The van der Waals surface area contributed by atoms with Crippen molar-refractivity contribution in [2.24, 2.45) is 0 Å². The Morgan fingerprint density at radius 2 is 1.83 bits per heavy atom. The third kappa shape index (κ3) is 4.46. The molecule has 0 heterocycles. The lowest BCUT2D eigenvalue weighted by molar-refractivity contribution is 0.300. The molecule has 37 valence electrons. The zero-order chi connectivity index (χ0) is 5.21. The van der Waals surface area contributed by atoms with Crippen LogP contribution in [0, 0.1) is 0 Å². The molecule has 0 rings (SSSR count). The number of hydrogen-bond acceptors (Lipinski definition) is 2. The van der Waals surface area contributed by atoms with E-state index in [0.29, 0.717) is 0 Å². The summed E-state index contributed by atoms with van der Waals surface area (Å²) >= 11 is 3.53. The van der Waals surface area contributed by atoms with Crippen molar-refractivity contribution in [1.29, 1.82) is 0 Å². The summed E-state index contributed by atoms with van der Waals surface area (Å²) in [6.07, 6.45) is 0. The van der Waals surface area contributed by atoms with Gasteiger partial charge in [-0.05, 0) is 0 Å². The molecule has 0 aliphatic heterocycles. The molecule has 4 nitrogen and oxygen atoms in total. The van der Waals surface area contributed by atoms with E-state index in [-0.39, 0.29) is 0 Å². The number of hydrogen-bond donors (Lipinski definition) is 2. The zero-order valence-corrected chi connectivity index (χ0v) is 4.28. The Balaban J connectivity index is 3.48. The van der Waals surface area contributed by atoms with Gasteiger partial charge in [0.25, 0.3) is 0 Å². The highest BCUT2D eigenvalue weighted by molar-refractivity contribution is 7.80. The second-order valence-corrected chi connectivity index (χ2v) is 2.14. The lowest BCUT2D eigenvalue weighted by Gasteiger charge is -1.90. The van der Waals surface area contributed by atoms with Crippen LogP contribution in [0.4, 0.5) is 0 Å². The van der Waals surface area contributed by atoms with E-state index in [1.54, 1.807) is 0 Å². The Morgan fingerprint density at radius 1 is 1.67 bits per heavy atom. The van der Waals surface area contributed by atoms with E-state index in [4.69, 9.17) is 9.79 Å². The first kappa shape index (κ1) is 6.46. The van der Waals surface area contributed by atoms with Gasteiger partial charge in [-0.2, -0.15) is 0 Å². The summed E-state index contributed by atoms with van der Waals surface area (Å²) in [6.45, 7) is 0. The van der Waals surface area contributed by atoms with Gasteiger partial charge in [0, 0.05) is 0 Å². The summed E-state index contributed by atoms with van der Waals surface area (Å²) in [5.41, 5.74) is 0. The molecule has 0 aromatic heterocycles. The fourth-order valence-electron chi connectivity index (χ4n) is 0. The van der Waals surface area contributed by atoms with Gasteiger partial charge in [0.05, 0.1) is 0 Å². The normalized spacial score (nSPS) is 11.8. The minimum atomic E-state index is -4.33. The van der Waals surface area contributed by atoms with Crippen LogP contribution in [-0.2, 0) is 8.54 Å². The molecule has 0 aliphatic carbocycles. The van der Waals surface area contributed by atoms with Gasteiger partial charge in [0.2, 0.25) is 0 Å². The van der Waals surface area contributed by atoms with Crippen molar-refractivity contribution in [3.8, 4) is 0 Å². The molecular weight excluding hydrogens is 127 g/mol. The molecule has 0 amide bonds. The van der Waals surface area contributed by atoms with Crippen LogP contribution in [0.15, 0.2) is 0 Å². The largest absolute Gasteiger partial charge is 0.481 e. The second kappa shape index (κ2) is 1.95. The SMILES string of the molecule is O=P(O)(O)O[S]. The summed E-state index contributed by atoms with van der Waals surface area (Å²) in [6, 6.07) is 0. The third-order valence-electron chi connectivity index (χ3n) is 0.0971. The Bertz CT molecular complexity index is 71.6. The molecule has 0 atom stereocenters. The quantitative estimate of drug-likeness (QED) is 0.496. The van der Waals surface area contributed by atoms with Crippen molar-refractivity contribution < 1.29 is 18.3 Å². The topological polar surface area (TPSA) is 66.8 Å². The molecule has 0 bridgehead atoms. The van der Waals surface area contributed by atoms with Gasteiger partial charge in [-0.25, -0.2) is 8.54 Å². The molecule has 0 aromatic rings. The van der Waals surface area contributed by atoms with Crippen LogP contribution in [0.3, 0.4) is 0 Å². The van der Waals surface area contributed by atoms with Gasteiger partial charge in [0.1, 0.15) is 12.9 Å². The van der Waals surface area contributed by atoms with Crippen molar-refractivity contribution in [3.05, 3.63) is 0 Å². The molecule has 0 unspecified atom stereocenters. The van der Waals surface area contributed by atoms with E-state index in [2.05, 4.69) is 16.9 Å². The second-order valence-electron chi connectivity index (χ2n) is 0.565. The maximum atomic E-state index is 9.37. The van der Waals surface area contributed by atoms with Gasteiger partial charge >= 0.3 is 7.82 Å². The van der Waals surface area contributed by atoms with Crippen LogP contribution < -0.4 is 0 Å². The molecule has 6 heavy (non-hydrogen) atoms. The monoisotopic (exact) mass is 129 g/mol. The molecule has 0 aliphatic rings. The summed E-state index contributed by atoms with van der Waals surface area (Å²) in [5.74, 6) is 0. The maximum absolute atomic E-state index is 9.37. The Morgan fingerprint density at radius 3 is 1.83 bits per heavy atom. The Kier molecular flexibility index (Phi) is 2.10. The van der Waals surface area contributed by atoms with Crippen molar-refractivity contribution in [2.75, 3.05) is 0 Å². The van der Waals surface area contributed by atoms with Crippen LogP contribution in [-0.4, -0.2) is 9.79 Å². The van der Waals surface area contributed by atoms with Gasteiger partial charge < -0.3 is 9.79 Å². The Hall–Kier alpha value is 0.460. The molecule has 0 saturated heterocycles. The van der Waals surface area contributed by atoms with Crippen molar-refractivity contribution in [3.63, 3.8) is 0 Å². The fraction of sp³-hybridized carbons (Fsp3) is 0. The molecule has 0 saturated carbocycles. The molecule has 0 spiro atoms. The maximum Gasteiger partial charge on any atom is 0.481 e. The molecule has 6 heteroatoms. The summed E-state index contributed by atoms with van der Waals surface area (Å²) in [4.78, 5) is 15.2. The van der Waals surface area contributed by atoms with Crippen LogP contribution >= 0.6 is 20.7 Å². The van der Waals surface area contributed by atoms with Gasteiger partial charge in [-0.15, -0.1) is 0 Å². The number of phosphoric acid groups is 1. The van der Waals surface area contributed by atoms with E-state index in [9.17, 15) is 4.57 Å². The smallest absolute Gasteiger partial charge is 0.302 e. The molecule has 2 N–H and O–H groups in total. The minimum absolute atomic E-state index is 3.19. The van der Waals surface area contributed by atoms with Gasteiger partial charge in [-0.3, -0.25) is 0 Å². The predicted octanol–water partition coefficient (Wildman–Crippen LogP) is 0.208.